The SMILES string of the molecule is CC(=O)O[C@@H]1[C@@H]2[C@@H](CON2Cc2ccccc2)C[C@@]12OC[C@H]1CON(Cc3ccccc3)[C@H]1[C@@H]2OC(C)=O. The summed E-state index contributed by atoms with van der Waals surface area (Å²) in [6.45, 7) is 5.28. The number of rotatable bonds is 6. The molecule has 1 aliphatic carbocycles. The van der Waals surface area contributed by atoms with E-state index in [2.05, 4.69) is 0 Å². The molecule has 1 saturated carbocycles. The summed E-state index contributed by atoms with van der Waals surface area (Å²) >= 11 is 0. The van der Waals surface area contributed by atoms with E-state index in [0.29, 0.717) is 39.3 Å². The van der Waals surface area contributed by atoms with Crippen LogP contribution in [0.2, 0.25) is 0 Å². The maximum Gasteiger partial charge on any atom is 0.303 e. The molecule has 202 valence electrons. The number of benzene rings is 2. The topological polar surface area (TPSA) is 86.8 Å². The Bertz CT molecular complexity index is 1150. The average Bonchev–Trinajstić information content (AvgIpc) is 3.56. The molecule has 0 N–H and O–H groups in total. The van der Waals surface area contributed by atoms with E-state index in [-0.39, 0.29) is 23.9 Å². The first-order valence-corrected chi connectivity index (χ1v) is 13.3. The molecule has 3 saturated heterocycles. The van der Waals surface area contributed by atoms with Gasteiger partial charge in [0.2, 0.25) is 0 Å². The number of hydroxylamine groups is 4. The first kappa shape index (κ1) is 25.5. The van der Waals surface area contributed by atoms with E-state index in [4.69, 9.17) is 23.9 Å². The minimum Gasteiger partial charge on any atom is -0.458 e. The van der Waals surface area contributed by atoms with Crippen LogP contribution in [0, 0.1) is 11.8 Å². The van der Waals surface area contributed by atoms with Gasteiger partial charge in [-0.25, -0.2) is 0 Å². The number of fused-ring (bicyclic) bond motifs is 2. The van der Waals surface area contributed by atoms with Crippen molar-refractivity contribution in [1.82, 2.24) is 10.1 Å². The number of carbonyl (C=O) groups is 2. The van der Waals surface area contributed by atoms with Crippen molar-refractivity contribution in [2.24, 2.45) is 11.8 Å². The third-order valence-electron chi connectivity index (χ3n) is 8.22. The maximum absolute atomic E-state index is 12.5. The highest BCUT2D eigenvalue weighted by Crippen LogP contribution is 2.53. The second kappa shape index (κ2) is 10.4. The van der Waals surface area contributed by atoms with Crippen LogP contribution in [0.1, 0.15) is 31.4 Å². The molecule has 2 aromatic rings. The van der Waals surface area contributed by atoms with Crippen LogP contribution in [0.5, 0.6) is 0 Å². The molecule has 0 radical (unpaired) electrons. The zero-order valence-corrected chi connectivity index (χ0v) is 21.7. The van der Waals surface area contributed by atoms with E-state index >= 15 is 0 Å². The minimum atomic E-state index is -1.02. The Balaban J connectivity index is 1.35. The molecule has 9 heteroatoms. The van der Waals surface area contributed by atoms with E-state index in [0.717, 1.165) is 11.1 Å². The Morgan fingerprint density at radius 2 is 1.24 bits per heavy atom. The average molecular weight is 523 g/mol. The fourth-order valence-corrected chi connectivity index (χ4v) is 6.74. The van der Waals surface area contributed by atoms with Gasteiger partial charge in [-0.2, -0.15) is 10.1 Å². The molecule has 6 rings (SSSR count). The number of hydrogen-bond acceptors (Lipinski definition) is 9. The fraction of sp³-hybridized carbons (Fsp3) is 0.517. The minimum absolute atomic E-state index is 0.0174. The number of carbonyl (C=O) groups excluding carboxylic acids is 2. The molecule has 0 bridgehead atoms. The summed E-state index contributed by atoms with van der Waals surface area (Å²) in [5.41, 5.74) is 1.17. The van der Waals surface area contributed by atoms with Crippen LogP contribution in [0.4, 0.5) is 0 Å². The second-order valence-corrected chi connectivity index (χ2v) is 10.7. The predicted octanol–water partition coefficient (Wildman–Crippen LogP) is 2.89. The number of esters is 2. The van der Waals surface area contributed by atoms with Crippen LogP contribution < -0.4 is 0 Å². The van der Waals surface area contributed by atoms with Gasteiger partial charge in [-0.05, 0) is 17.5 Å². The highest BCUT2D eigenvalue weighted by atomic mass is 16.7. The largest absolute Gasteiger partial charge is 0.458 e. The Hall–Kier alpha value is -2.82. The summed E-state index contributed by atoms with van der Waals surface area (Å²) in [5, 5.41) is 3.84. The maximum atomic E-state index is 12.5. The van der Waals surface area contributed by atoms with E-state index in [1.807, 2.05) is 70.8 Å². The molecule has 7 atom stereocenters. The summed E-state index contributed by atoms with van der Waals surface area (Å²) in [4.78, 5) is 37.2. The molecule has 2 aromatic carbocycles. The van der Waals surface area contributed by atoms with E-state index in [1.165, 1.54) is 13.8 Å². The number of hydrogen-bond donors (Lipinski definition) is 0. The summed E-state index contributed by atoms with van der Waals surface area (Å²) < 4.78 is 18.8. The van der Waals surface area contributed by atoms with Crippen LogP contribution in [0.25, 0.3) is 0 Å². The first-order valence-electron chi connectivity index (χ1n) is 13.3. The molecule has 9 nitrogen and oxygen atoms in total. The molecule has 38 heavy (non-hydrogen) atoms. The van der Waals surface area contributed by atoms with Crippen LogP contribution in [0.3, 0.4) is 0 Å². The summed E-state index contributed by atoms with van der Waals surface area (Å²) in [7, 11) is 0. The quantitative estimate of drug-likeness (QED) is 0.532. The summed E-state index contributed by atoms with van der Waals surface area (Å²) in [6.07, 6.45) is -0.819. The van der Waals surface area contributed by atoms with Crippen LogP contribution in [0.15, 0.2) is 60.7 Å². The zero-order valence-electron chi connectivity index (χ0n) is 21.7. The molecule has 4 aliphatic rings. The highest BCUT2D eigenvalue weighted by Gasteiger charge is 2.70. The van der Waals surface area contributed by atoms with E-state index in [1.54, 1.807) is 0 Å². The van der Waals surface area contributed by atoms with Crippen molar-refractivity contribution in [2.75, 3.05) is 19.8 Å². The first-order chi connectivity index (χ1) is 18.4. The number of nitrogens with zero attached hydrogens (tertiary/aromatic N) is 2. The lowest BCUT2D eigenvalue weighted by atomic mass is 9.78. The monoisotopic (exact) mass is 522 g/mol. The summed E-state index contributed by atoms with van der Waals surface area (Å²) in [5.74, 6) is -0.745. The van der Waals surface area contributed by atoms with Crippen molar-refractivity contribution in [3.05, 3.63) is 71.8 Å². The lowest BCUT2D eigenvalue weighted by Crippen LogP contribution is -2.67. The van der Waals surface area contributed by atoms with Crippen molar-refractivity contribution in [3.63, 3.8) is 0 Å². The van der Waals surface area contributed by atoms with Crippen LogP contribution >= 0.6 is 0 Å². The molecule has 3 heterocycles. The van der Waals surface area contributed by atoms with Crippen LogP contribution in [-0.4, -0.2) is 71.8 Å². The summed E-state index contributed by atoms with van der Waals surface area (Å²) in [6, 6.07) is 19.6. The van der Waals surface area contributed by atoms with Gasteiger partial charge in [-0.15, -0.1) is 0 Å². The van der Waals surface area contributed by atoms with Gasteiger partial charge in [-0.1, -0.05) is 60.7 Å². The fourth-order valence-electron chi connectivity index (χ4n) is 6.74. The van der Waals surface area contributed by atoms with Gasteiger partial charge < -0.3 is 14.2 Å². The highest BCUT2D eigenvalue weighted by molar-refractivity contribution is 5.67. The molecular weight excluding hydrogens is 488 g/mol. The third kappa shape index (κ3) is 4.63. The van der Waals surface area contributed by atoms with Gasteiger partial charge in [0.15, 0.2) is 12.2 Å². The van der Waals surface area contributed by atoms with Gasteiger partial charge in [0, 0.05) is 38.8 Å². The van der Waals surface area contributed by atoms with Gasteiger partial charge in [0.05, 0.1) is 31.9 Å². The van der Waals surface area contributed by atoms with Crippen molar-refractivity contribution >= 4 is 11.9 Å². The Morgan fingerprint density at radius 3 is 1.74 bits per heavy atom. The zero-order chi connectivity index (χ0) is 26.3. The van der Waals surface area contributed by atoms with Gasteiger partial charge in [-0.3, -0.25) is 19.3 Å². The molecule has 4 fully saturated rings. The van der Waals surface area contributed by atoms with Gasteiger partial charge >= 0.3 is 11.9 Å². The molecule has 0 unspecified atom stereocenters. The Labute approximate surface area is 222 Å². The molecule has 0 amide bonds. The molecule has 1 spiro atoms. The van der Waals surface area contributed by atoms with Crippen molar-refractivity contribution in [1.29, 1.82) is 0 Å². The molecule has 0 aromatic heterocycles. The lowest BCUT2D eigenvalue weighted by Gasteiger charge is -2.50. The van der Waals surface area contributed by atoms with Crippen molar-refractivity contribution < 1.29 is 33.5 Å². The van der Waals surface area contributed by atoms with Gasteiger partial charge in [0.1, 0.15) is 5.60 Å². The Morgan fingerprint density at radius 1 is 0.763 bits per heavy atom. The predicted molar refractivity (Wildman–Crippen MR) is 135 cm³/mol. The second-order valence-electron chi connectivity index (χ2n) is 10.7. The standard InChI is InChI=1S/C29H34N2O7/c1-19(32)37-27-25-23(17-35-30(25)14-21-9-5-3-6-10-21)13-29(27)28(38-20(2)33)26-24(16-34-29)18-36-31(26)15-22-11-7-4-8-12-22/h3-12,23-28H,13-18H2,1-2H3/t23-,24+,25+,26-,27-,28+,29-/m1/s1. The smallest absolute Gasteiger partial charge is 0.303 e. The van der Waals surface area contributed by atoms with Gasteiger partial charge in [0.25, 0.3) is 0 Å². The van der Waals surface area contributed by atoms with Crippen molar-refractivity contribution in [3.8, 4) is 0 Å². The molecule has 3 aliphatic heterocycles. The lowest BCUT2D eigenvalue weighted by molar-refractivity contribution is -0.267. The number of ether oxygens (including phenoxy) is 3. The van der Waals surface area contributed by atoms with E-state index in [9.17, 15) is 9.59 Å². The van der Waals surface area contributed by atoms with Crippen LogP contribution in [-0.2, 0) is 46.6 Å². The molecular formula is C29H34N2O7. The Kier molecular flexibility index (Phi) is 6.96. The van der Waals surface area contributed by atoms with Crippen molar-refractivity contribution in [2.45, 2.75) is 63.3 Å². The normalized spacial score (nSPS) is 34.7. The third-order valence-corrected chi connectivity index (χ3v) is 8.22. The van der Waals surface area contributed by atoms with E-state index < -0.39 is 29.7 Å².